The van der Waals surface area contributed by atoms with E-state index in [2.05, 4.69) is 44.0 Å². The van der Waals surface area contributed by atoms with Gasteiger partial charge in [-0.15, -0.1) is 0 Å². The molecule has 2 heterocycles. The molecule has 6 rings (SSSR count). The molecule has 1 N–H and O–H groups in total. The fourth-order valence-corrected chi connectivity index (χ4v) is 8.22. The van der Waals surface area contributed by atoms with E-state index in [0.717, 1.165) is 54.3 Å². The molecular weight excluding hydrogens is 524 g/mol. The molecule has 1 saturated heterocycles. The van der Waals surface area contributed by atoms with Crippen LogP contribution >= 0.6 is 0 Å². The molecule has 0 bridgehead atoms. The Morgan fingerprint density at radius 1 is 1.05 bits per heavy atom. The highest BCUT2D eigenvalue weighted by Gasteiger charge is 2.67. The molecule has 1 aromatic carbocycles. The molecule has 1 aliphatic heterocycles. The number of oxazole rings is 1. The fraction of sp³-hybridized carbons (Fsp3) is 0.645. The van der Waals surface area contributed by atoms with Gasteiger partial charge in [-0.25, -0.2) is 13.4 Å². The van der Waals surface area contributed by atoms with Crippen molar-refractivity contribution in [1.29, 1.82) is 5.26 Å². The lowest BCUT2D eigenvalue weighted by atomic mass is 9.76. The van der Waals surface area contributed by atoms with E-state index in [1.807, 2.05) is 24.3 Å². The number of benzene rings is 1. The molecular formula is C31H40N4O4S. The molecule has 8 nitrogen and oxygen atoms in total. The monoisotopic (exact) mass is 564 g/mol. The number of carbonyl (C=O) groups excluding carboxylic acids is 1. The SMILES string of the molecule is CC1(C)C(c2nc(-c3ccc(N4CCS(=O)(=O)CC4)cc3)c(C3CCCCC3C(=O)NC3(C#N)CC3)o2)C1(C)C. The Hall–Kier alpha value is -2.86. The first-order valence-electron chi connectivity index (χ1n) is 14.7. The predicted molar refractivity (Wildman–Crippen MR) is 154 cm³/mol. The molecule has 9 heteroatoms. The van der Waals surface area contributed by atoms with Crippen LogP contribution in [0.2, 0.25) is 0 Å². The summed E-state index contributed by atoms with van der Waals surface area (Å²) in [6, 6.07) is 10.4. The first kappa shape index (κ1) is 27.3. The molecule has 40 heavy (non-hydrogen) atoms. The summed E-state index contributed by atoms with van der Waals surface area (Å²) in [5.74, 6) is 1.66. The third-order valence-corrected chi connectivity index (χ3v) is 12.2. The number of amides is 1. The van der Waals surface area contributed by atoms with Gasteiger partial charge in [-0.05, 0) is 48.6 Å². The zero-order valence-electron chi connectivity index (χ0n) is 24.0. The second kappa shape index (κ2) is 9.34. The fourth-order valence-electron chi connectivity index (χ4n) is 7.02. The minimum atomic E-state index is -2.95. The van der Waals surface area contributed by atoms with Crippen LogP contribution in [0, 0.1) is 28.1 Å². The van der Waals surface area contributed by atoms with E-state index in [0.29, 0.717) is 25.9 Å². The van der Waals surface area contributed by atoms with E-state index in [9.17, 15) is 18.5 Å². The maximum atomic E-state index is 13.5. The Morgan fingerprint density at radius 3 is 2.25 bits per heavy atom. The van der Waals surface area contributed by atoms with Crippen LogP contribution in [0.3, 0.4) is 0 Å². The molecule has 4 fully saturated rings. The first-order valence-corrected chi connectivity index (χ1v) is 16.5. The number of hydrogen-bond donors (Lipinski definition) is 1. The lowest BCUT2D eigenvalue weighted by molar-refractivity contribution is -0.127. The Kier molecular flexibility index (Phi) is 6.38. The predicted octanol–water partition coefficient (Wildman–Crippen LogP) is 5.17. The van der Waals surface area contributed by atoms with Crippen molar-refractivity contribution in [2.75, 3.05) is 29.5 Å². The number of nitriles is 1. The van der Waals surface area contributed by atoms with E-state index >= 15 is 0 Å². The summed E-state index contributed by atoms with van der Waals surface area (Å²) in [5, 5.41) is 12.6. The van der Waals surface area contributed by atoms with Gasteiger partial charge in [0.1, 0.15) is 17.0 Å². The Bertz CT molecular complexity index is 1440. The number of sulfone groups is 1. The molecule has 2 atom stereocenters. The van der Waals surface area contributed by atoms with Crippen LogP contribution in [0.15, 0.2) is 28.7 Å². The third kappa shape index (κ3) is 4.62. The van der Waals surface area contributed by atoms with Gasteiger partial charge in [0.25, 0.3) is 0 Å². The summed E-state index contributed by atoms with van der Waals surface area (Å²) < 4.78 is 30.5. The zero-order chi connectivity index (χ0) is 28.5. The van der Waals surface area contributed by atoms with Gasteiger partial charge in [-0.1, -0.05) is 52.7 Å². The van der Waals surface area contributed by atoms with E-state index in [1.54, 1.807) is 0 Å². The molecule has 3 aliphatic carbocycles. The molecule has 0 radical (unpaired) electrons. The topological polar surface area (TPSA) is 116 Å². The number of rotatable bonds is 6. The van der Waals surface area contributed by atoms with Crippen molar-refractivity contribution in [2.45, 2.75) is 83.6 Å². The van der Waals surface area contributed by atoms with E-state index in [4.69, 9.17) is 9.40 Å². The molecule has 1 aromatic heterocycles. The molecule has 4 aliphatic rings. The number of anilines is 1. The van der Waals surface area contributed by atoms with Crippen LogP contribution in [0.25, 0.3) is 11.3 Å². The largest absolute Gasteiger partial charge is 0.444 e. The molecule has 2 aromatic rings. The normalized spacial score (nSPS) is 27.9. The Balaban J connectivity index is 1.34. The number of nitrogens with one attached hydrogen (secondary N) is 1. The summed E-state index contributed by atoms with van der Waals surface area (Å²) in [7, 11) is -2.95. The molecule has 1 amide bonds. The summed E-state index contributed by atoms with van der Waals surface area (Å²) >= 11 is 0. The minimum absolute atomic E-state index is 0.0462. The van der Waals surface area contributed by atoms with Gasteiger partial charge in [-0.3, -0.25) is 4.79 Å². The first-order chi connectivity index (χ1) is 18.9. The Morgan fingerprint density at radius 2 is 1.68 bits per heavy atom. The van der Waals surface area contributed by atoms with Crippen molar-refractivity contribution in [3.05, 3.63) is 35.9 Å². The van der Waals surface area contributed by atoms with Gasteiger partial charge in [0.15, 0.2) is 15.7 Å². The van der Waals surface area contributed by atoms with E-state index in [-0.39, 0.29) is 46.0 Å². The van der Waals surface area contributed by atoms with Gasteiger partial charge >= 0.3 is 0 Å². The lowest BCUT2D eigenvalue weighted by Gasteiger charge is -2.30. The minimum Gasteiger partial charge on any atom is -0.444 e. The second-order valence-electron chi connectivity index (χ2n) is 13.5. The number of hydrogen-bond acceptors (Lipinski definition) is 7. The lowest BCUT2D eigenvalue weighted by Crippen LogP contribution is -2.42. The van der Waals surface area contributed by atoms with Crippen molar-refractivity contribution in [1.82, 2.24) is 10.3 Å². The highest BCUT2D eigenvalue weighted by Crippen LogP contribution is 2.73. The third-order valence-electron chi connectivity index (χ3n) is 10.6. The number of aromatic nitrogens is 1. The summed E-state index contributed by atoms with van der Waals surface area (Å²) in [5.41, 5.74) is 2.15. The standard InChI is InChI=1S/C31H40N4O4S/c1-29(2)26(30(29,3)4)28-33-24(20-9-11-21(12-10-20)35-15-17-40(37,38)18-16-35)25(39-28)22-7-5-6-8-23(22)27(36)34-31(19-32)13-14-31/h9-12,22-23,26H,5-8,13-18H2,1-4H3,(H,34,36). The quantitative estimate of drug-likeness (QED) is 0.514. The molecule has 0 spiro atoms. The van der Waals surface area contributed by atoms with Gasteiger partial charge in [0, 0.05) is 42.1 Å². The molecule has 214 valence electrons. The number of carbonyl (C=O) groups is 1. The zero-order valence-corrected chi connectivity index (χ0v) is 24.8. The second-order valence-corrected chi connectivity index (χ2v) is 15.8. The van der Waals surface area contributed by atoms with Crippen LogP contribution in [-0.2, 0) is 14.6 Å². The van der Waals surface area contributed by atoms with E-state index < -0.39 is 15.4 Å². The number of nitrogens with zero attached hydrogens (tertiary/aromatic N) is 3. The van der Waals surface area contributed by atoms with Crippen molar-refractivity contribution in [2.24, 2.45) is 16.7 Å². The van der Waals surface area contributed by atoms with Crippen LogP contribution < -0.4 is 10.2 Å². The van der Waals surface area contributed by atoms with Crippen molar-refractivity contribution < 1.29 is 17.6 Å². The maximum Gasteiger partial charge on any atom is 0.225 e. The van der Waals surface area contributed by atoms with Crippen LogP contribution in [0.4, 0.5) is 5.69 Å². The van der Waals surface area contributed by atoms with Crippen LogP contribution in [0.1, 0.15) is 89.7 Å². The molecule has 2 unspecified atom stereocenters. The Labute approximate surface area is 237 Å². The smallest absolute Gasteiger partial charge is 0.225 e. The van der Waals surface area contributed by atoms with Gasteiger partial charge in [0.2, 0.25) is 5.91 Å². The average Bonchev–Trinajstić information content (AvgIpc) is 3.69. The van der Waals surface area contributed by atoms with Gasteiger partial charge in [-0.2, -0.15) is 5.26 Å². The van der Waals surface area contributed by atoms with Gasteiger partial charge < -0.3 is 14.6 Å². The highest BCUT2D eigenvalue weighted by atomic mass is 32.2. The van der Waals surface area contributed by atoms with Crippen LogP contribution in [-0.4, -0.2) is 49.4 Å². The summed E-state index contributed by atoms with van der Waals surface area (Å²) in [6.07, 6.45) is 5.04. The van der Waals surface area contributed by atoms with Crippen LogP contribution in [0.5, 0.6) is 0 Å². The average molecular weight is 565 g/mol. The maximum absolute atomic E-state index is 13.5. The highest BCUT2D eigenvalue weighted by molar-refractivity contribution is 7.91. The molecule has 3 saturated carbocycles. The van der Waals surface area contributed by atoms with E-state index in [1.165, 1.54) is 0 Å². The summed E-state index contributed by atoms with van der Waals surface area (Å²) in [6.45, 7) is 10.0. The van der Waals surface area contributed by atoms with Crippen molar-refractivity contribution in [3.63, 3.8) is 0 Å². The summed E-state index contributed by atoms with van der Waals surface area (Å²) in [4.78, 5) is 20.7. The van der Waals surface area contributed by atoms with Crippen molar-refractivity contribution >= 4 is 21.4 Å². The van der Waals surface area contributed by atoms with Gasteiger partial charge in [0.05, 0.1) is 17.6 Å². The van der Waals surface area contributed by atoms with Crippen molar-refractivity contribution in [3.8, 4) is 17.3 Å².